The Morgan fingerprint density at radius 2 is 2.33 bits per heavy atom. The quantitative estimate of drug-likeness (QED) is 0.848. The highest BCUT2D eigenvalue weighted by molar-refractivity contribution is 7.09. The Morgan fingerprint density at radius 1 is 1.61 bits per heavy atom. The molecule has 18 heavy (non-hydrogen) atoms. The molecule has 0 saturated carbocycles. The molecule has 1 aliphatic rings. The van der Waals surface area contributed by atoms with Crippen molar-refractivity contribution < 1.29 is 9.53 Å². The van der Waals surface area contributed by atoms with Crippen molar-refractivity contribution in [2.24, 2.45) is 11.1 Å². The second-order valence-corrected chi connectivity index (χ2v) is 5.70. The third-order valence-corrected chi connectivity index (χ3v) is 4.24. The van der Waals surface area contributed by atoms with Crippen LogP contribution in [0.4, 0.5) is 0 Å². The molecule has 1 aromatic heterocycles. The van der Waals surface area contributed by atoms with Crippen molar-refractivity contribution in [1.29, 1.82) is 0 Å². The summed E-state index contributed by atoms with van der Waals surface area (Å²) in [5.74, 6) is 0.0268. The van der Waals surface area contributed by atoms with Gasteiger partial charge in [0, 0.05) is 25.1 Å². The second kappa shape index (κ2) is 5.77. The molecule has 3 N–H and O–H groups in total. The fourth-order valence-electron chi connectivity index (χ4n) is 2.13. The first-order valence-electron chi connectivity index (χ1n) is 6.13. The number of thiazole rings is 1. The molecule has 0 bridgehead atoms. The lowest BCUT2D eigenvalue weighted by Gasteiger charge is -2.34. The average Bonchev–Trinajstić information content (AvgIpc) is 2.82. The largest absolute Gasteiger partial charge is 0.381 e. The van der Waals surface area contributed by atoms with Crippen LogP contribution in [0.15, 0.2) is 5.38 Å². The molecule has 0 unspecified atom stereocenters. The van der Waals surface area contributed by atoms with Gasteiger partial charge in [-0.05, 0) is 19.8 Å². The van der Waals surface area contributed by atoms with Crippen LogP contribution >= 0.6 is 11.3 Å². The maximum absolute atomic E-state index is 12.3. The number of nitrogens with one attached hydrogen (secondary N) is 1. The van der Waals surface area contributed by atoms with Crippen molar-refractivity contribution >= 4 is 17.2 Å². The number of carbonyl (C=O) groups is 1. The molecule has 0 aliphatic carbocycles. The van der Waals surface area contributed by atoms with Gasteiger partial charge in [-0.25, -0.2) is 4.98 Å². The van der Waals surface area contributed by atoms with E-state index in [4.69, 9.17) is 10.5 Å². The summed E-state index contributed by atoms with van der Waals surface area (Å²) >= 11 is 1.59. The smallest absolute Gasteiger partial charge is 0.227 e. The molecule has 1 saturated heterocycles. The van der Waals surface area contributed by atoms with Crippen molar-refractivity contribution in [3.05, 3.63) is 16.1 Å². The lowest BCUT2D eigenvalue weighted by atomic mass is 9.79. The van der Waals surface area contributed by atoms with E-state index in [1.165, 1.54) is 0 Å². The van der Waals surface area contributed by atoms with Crippen LogP contribution < -0.4 is 11.1 Å². The summed E-state index contributed by atoms with van der Waals surface area (Å²) in [7, 11) is 0. The molecule has 1 amide bonds. The highest BCUT2D eigenvalue weighted by atomic mass is 32.1. The molecular formula is C12H19N3O2S. The molecule has 0 atom stereocenters. The Hall–Kier alpha value is -0.980. The van der Waals surface area contributed by atoms with Crippen LogP contribution in [-0.2, 0) is 16.1 Å². The van der Waals surface area contributed by atoms with Gasteiger partial charge in [0.1, 0.15) is 0 Å². The Labute approximate surface area is 111 Å². The molecule has 2 rings (SSSR count). The standard InChI is InChI=1S/C12H19N3O2S/c1-9-15-10(7-18-9)6-14-11(16)12(8-13)2-4-17-5-3-12/h7H,2-6,8,13H2,1H3,(H,14,16). The van der Waals surface area contributed by atoms with Crippen molar-refractivity contribution in [2.75, 3.05) is 19.8 Å². The van der Waals surface area contributed by atoms with E-state index in [-0.39, 0.29) is 5.91 Å². The second-order valence-electron chi connectivity index (χ2n) is 4.64. The summed E-state index contributed by atoms with van der Waals surface area (Å²) in [6, 6.07) is 0. The number of aromatic nitrogens is 1. The zero-order chi connectivity index (χ0) is 13.0. The first-order chi connectivity index (χ1) is 8.66. The normalized spacial score (nSPS) is 18.6. The van der Waals surface area contributed by atoms with Gasteiger partial charge in [-0.1, -0.05) is 0 Å². The van der Waals surface area contributed by atoms with E-state index in [0.29, 0.717) is 39.1 Å². The molecule has 5 nitrogen and oxygen atoms in total. The predicted octanol–water partition coefficient (Wildman–Crippen LogP) is 0.823. The number of rotatable bonds is 4. The number of hydrogen-bond acceptors (Lipinski definition) is 5. The van der Waals surface area contributed by atoms with Gasteiger partial charge in [0.05, 0.1) is 22.7 Å². The fraction of sp³-hybridized carbons (Fsp3) is 0.667. The molecule has 1 fully saturated rings. The molecule has 0 aromatic carbocycles. The summed E-state index contributed by atoms with van der Waals surface area (Å²) in [6.07, 6.45) is 1.40. The van der Waals surface area contributed by atoms with Gasteiger partial charge >= 0.3 is 0 Å². The fourth-order valence-corrected chi connectivity index (χ4v) is 2.75. The van der Waals surface area contributed by atoms with Crippen LogP contribution in [-0.4, -0.2) is 30.6 Å². The minimum atomic E-state index is -0.455. The summed E-state index contributed by atoms with van der Waals surface area (Å²) in [5.41, 5.74) is 6.23. The monoisotopic (exact) mass is 269 g/mol. The van der Waals surface area contributed by atoms with E-state index in [1.807, 2.05) is 12.3 Å². The van der Waals surface area contributed by atoms with Crippen molar-refractivity contribution in [3.8, 4) is 0 Å². The molecule has 2 heterocycles. The zero-order valence-corrected chi connectivity index (χ0v) is 11.4. The van der Waals surface area contributed by atoms with E-state index in [2.05, 4.69) is 10.3 Å². The highest BCUT2D eigenvalue weighted by Crippen LogP contribution is 2.29. The Kier molecular flexibility index (Phi) is 4.31. The van der Waals surface area contributed by atoms with Gasteiger partial charge < -0.3 is 15.8 Å². The predicted molar refractivity (Wildman–Crippen MR) is 70.2 cm³/mol. The number of hydrogen-bond donors (Lipinski definition) is 2. The summed E-state index contributed by atoms with van der Waals surface area (Å²) in [4.78, 5) is 16.6. The maximum atomic E-state index is 12.3. The minimum Gasteiger partial charge on any atom is -0.381 e. The van der Waals surface area contributed by atoms with E-state index in [0.717, 1.165) is 10.7 Å². The molecule has 0 spiro atoms. The van der Waals surface area contributed by atoms with Gasteiger partial charge in [0.25, 0.3) is 0 Å². The zero-order valence-electron chi connectivity index (χ0n) is 10.6. The molecule has 100 valence electrons. The number of ether oxygens (including phenoxy) is 1. The number of nitrogens with zero attached hydrogens (tertiary/aromatic N) is 1. The Balaban J connectivity index is 1.93. The van der Waals surface area contributed by atoms with E-state index in [9.17, 15) is 4.79 Å². The first-order valence-corrected chi connectivity index (χ1v) is 7.01. The highest BCUT2D eigenvalue weighted by Gasteiger charge is 2.38. The average molecular weight is 269 g/mol. The molecule has 1 aromatic rings. The van der Waals surface area contributed by atoms with Gasteiger partial charge in [0.2, 0.25) is 5.91 Å². The van der Waals surface area contributed by atoms with Gasteiger partial charge in [-0.3, -0.25) is 4.79 Å². The summed E-state index contributed by atoms with van der Waals surface area (Å²) < 4.78 is 5.30. The third-order valence-electron chi connectivity index (χ3n) is 3.42. The van der Waals surface area contributed by atoms with Crippen LogP contribution in [0, 0.1) is 12.3 Å². The van der Waals surface area contributed by atoms with Crippen molar-refractivity contribution in [2.45, 2.75) is 26.3 Å². The van der Waals surface area contributed by atoms with Gasteiger partial charge in [-0.15, -0.1) is 11.3 Å². The van der Waals surface area contributed by atoms with Crippen LogP contribution in [0.1, 0.15) is 23.5 Å². The van der Waals surface area contributed by atoms with Crippen molar-refractivity contribution in [1.82, 2.24) is 10.3 Å². The topological polar surface area (TPSA) is 77.2 Å². The van der Waals surface area contributed by atoms with Gasteiger partial charge in [-0.2, -0.15) is 0 Å². The number of nitrogens with two attached hydrogens (primary N) is 1. The Bertz CT molecular complexity index is 413. The van der Waals surface area contributed by atoms with E-state index >= 15 is 0 Å². The summed E-state index contributed by atoms with van der Waals surface area (Å²) in [6.45, 7) is 4.03. The third kappa shape index (κ3) is 2.88. The number of aryl methyl sites for hydroxylation is 1. The molecule has 6 heteroatoms. The lowest BCUT2D eigenvalue weighted by Crippen LogP contribution is -2.49. The minimum absolute atomic E-state index is 0.0268. The van der Waals surface area contributed by atoms with Crippen LogP contribution in [0.2, 0.25) is 0 Å². The lowest BCUT2D eigenvalue weighted by molar-refractivity contribution is -0.136. The Morgan fingerprint density at radius 3 is 2.89 bits per heavy atom. The molecular weight excluding hydrogens is 250 g/mol. The van der Waals surface area contributed by atoms with Gasteiger partial charge in [0.15, 0.2) is 0 Å². The van der Waals surface area contributed by atoms with E-state index < -0.39 is 5.41 Å². The first kappa shape index (κ1) is 13.5. The summed E-state index contributed by atoms with van der Waals surface area (Å²) in [5, 5.41) is 5.92. The number of amides is 1. The number of carbonyl (C=O) groups excluding carboxylic acids is 1. The van der Waals surface area contributed by atoms with Crippen LogP contribution in [0.25, 0.3) is 0 Å². The van der Waals surface area contributed by atoms with Crippen LogP contribution in [0.3, 0.4) is 0 Å². The molecule has 1 aliphatic heterocycles. The molecule has 0 radical (unpaired) electrons. The SMILES string of the molecule is Cc1nc(CNC(=O)C2(CN)CCOCC2)cs1. The van der Waals surface area contributed by atoms with Crippen LogP contribution in [0.5, 0.6) is 0 Å². The van der Waals surface area contributed by atoms with Crippen molar-refractivity contribution in [3.63, 3.8) is 0 Å². The van der Waals surface area contributed by atoms with E-state index in [1.54, 1.807) is 11.3 Å². The maximum Gasteiger partial charge on any atom is 0.227 e.